The Bertz CT molecular complexity index is 1180. The van der Waals surface area contributed by atoms with Crippen molar-refractivity contribution >= 4 is 21.6 Å². The zero-order valence-corrected chi connectivity index (χ0v) is 20.8. The van der Waals surface area contributed by atoms with Crippen molar-refractivity contribution in [2.75, 3.05) is 17.6 Å². The second-order valence-electron chi connectivity index (χ2n) is 9.03. The lowest BCUT2D eigenvalue weighted by molar-refractivity contribution is -0.141. The summed E-state index contributed by atoms with van der Waals surface area (Å²) < 4.78 is 84.3. The second kappa shape index (κ2) is 11.4. The van der Waals surface area contributed by atoms with Crippen molar-refractivity contribution in [3.63, 3.8) is 0 Å². The van der Waals surface area contributed by atoms with Crippen molar-refractivity contribution in [1.82, 2.24) is 10.3 Å². The zero-order valence-electron chi connectivity index (χ0n) is 20.0. The Morgan fingerprint density at radius 2 is 1.86 bits per heavy atom. The van der Waals surface area contributed by atoms with Gasteiger partial charge in [-0.3, -0.25) is 9.52 Å². The van der Waals surface area contributed by atoms with Gasteiger partial charge < -0.3 is 10.1 Å². The first-order valence-corrected chi connectivity index (χ1v) is 13.5. The van der Waals surface area contributed by atoms with E-state index in [9.17, 15) is 30.8 Å². The third kappa shape index (κ3) is 7.81. The van der Waals surface area contributed by atoms with Crippen molar-refractivity contribution in [3.05, 3.63) is 53.0 Å². The van der Waals surface area contributed by atoms with Crippen LogP contribution in [0.15, 0.2) is 30.3 Å². The summed E-state index contributed by atoms with van der Waals surface area (Å²) in [6.07, 6.45) is 1.37. The SMILES string of the molecule is CC(C(=O)NCc1ccc(C(F)(F)F)nc1OCC1CCCCC1)c1ccc(NS(C)(=O)=O)c(F)c1. The van der Waals surface area contributed by atoms with Crippen LogP contribution in [-0.4, -0.2) is 32.2 Å². The number of ether oxygens (including phenoxy) is 1. The van der Waals surface area contributed by atoms with E-state index in [2.05, 4.69) is 10.3 Å². The molecule has 1 aliphatic rings. The normalized spacial score (nSPS) is 15.8. The molecule has 1 fully saturated rings. The molecule has 198 valence electrons. The number of hydrogen-bond donors (Lipinski definition) is 2. The number of pyridine rings is 1. The number of carbonyl (C=O) groups is 1. The zero-order chi connectivity index (χ0) is 26.5. The van der Waals surface area contributed by atoms with Crippen LogP contribution in [-0.2, 0) is 27.5 Å². The summed E-state index contributed by atoms with van der Waals surface area (Å²) in [5, 5.41) is 2.63. The van der Waals surface area contributed by atoms with E-state index in [-0.39, 0.29) is 30.6 Å². The molecule has 0 spiro atoms. The Hall–Kier alpha value is -2.89. The van der Waals surface area contributed by atoms with E-state index in [0.717, 1.165) is 50.5 Å². The average molecular weight is 532 g/mol. The van der Waals surface area contributed by atoms with E-state index >= 15 is 0 Å². The predicted octanol–water partition coefficient (Wildman–Crippen LogP) is 4.99. The maximum Gasteiger partial charge on any atom is 0.433 e. The fourth-order valence-corrected chi connectivity index (χ4v) is 4.57. The van der Waals surface area contributed by atoms with E-state index in [1.54, 1.807) is 0 Å². The van der Waals surface area contributed by atoms with E-state index in [4.69, 9.17) is 4.74 Å². The van der Waals surface area contributed by atoms with E-state index in [0.29, 0.717) is 11.1 Å². The number of alkyl halides is 3. The van der Waals surface area contributed by atoms with Crippen LogP contribution in [0.5, 0.6) is 5.88 Å². The van der Waals surface area contributed by atoms with Gasteiger partial charge in [-0.15, -0.1) is 0 Å². The molecule has 1 aromatic carbocycles. The highest BCUT2D eigenvalue weighted by Crippen LogP contribution is 2.31. The molecule has 1 aliphatic carbocycles. The monoisotopic (exact) mass is 531 g/mol. The fourth-order valence-electron chi connectivity index (χ4n) is 4.01. The molecule has 36 heavy (non-hydrogen) atoms. The number of benzene rings is 1. The van der Waals surface area contributed by atoms with Crippen molar-refractivity contribution in [3.8, 4) is 5.88 Å². The number of hydrogen-bond acceptors (Lipinski definition) is 5. The lowest BCUT2D eigenvalue weighted by Gasteiger charge is -2.22. The van der Waals surface area contributed by atoms with E-state index < -0.39 is 39.5 Å². The maximum atomic E-state index is 14.3. The molecule has 1 unspecified atom stereocenters. The molecule has 1 aromatic heterocycles. The van der Waals surface area contributed by atoms with Gasteiger partial charge in [-0.2, -0.15) is 13.2 Å². The Kier molecular flexibility index (Phi) is 8.80. The molecule has 0 radical (unpaired) electrons. The van der Waals surface area contributed by atoms with E-state index in [1.807, 2.05) is 4.72 Å². The number of halogens is 4. The number of anilines is 1. The van der Waals surface area contributed by atoms with E-state index in [1.165, 1.54) is 25.1 Å². The highest BCUT2D eigenvalue weighted by atomic mass is 32.2. The van der Waals surface area contributed by atoms with Crippen LogP contribution in [0.4, 0.5) is 23.2 Å². The number of sulfonamides is 1. The minimum atomic E-state index is -4.64. The van der Waals surface area contributed by atoms with Gasteiger partial charge in [0.25, 0.3) is 0 Å². The number of aromatic nitrogens is 1. The Morgan fingerprint density at radius 3 is 2.47 bits per heavy atom. The first-order valence-electron chi connectivity index (χ1n) is 11.6. The first kappa shape index (κ1) is 27.7. The number of carbonyl (C=O) groups excluding carboxylic acids is 1. The minimum absolute atomic E-state index is 0.134. The van der Waals surface area contributed by atoms with Gasteiger partial charge in [-0.1, -0.05) is 25.3 Å². The van der Waals surface area contributed by atoms with Gasteiger partial charge in [0.05, 0.1) is 24.5 Å². The quantitative estimate of drug-likeness (QED) is 0.445. The second-order valence-corrected chi connectivity index (χ2v) is 10.8. The highest BCUT2D eigenvalue weighted by Gasteiger charge is 2.33. The predicted molar refractivity (Wildman–Crippen MR) is 126 cm³/mol. The first-order chi connectivity index (χ1) is 16.8. The summed E-state index contributed by atoms with van der Waals surface area (Å²) in [5.74, 6) is -2.10. The standard InChI is InChI=1S/C24H29F4N3O4S/c1-15(17-8-10-20(19(25)12-17)31-36(2,33)34)22(32)29-13-18-9-11-21(24(26,27)28)30-23(18)35-14-16-6-4-3-5-7-16/h8-12,15-16,31H,3-7,13-14H2,1-2H3,(H,29,32). The molecule has 2 N–H and O–H groups in total. The van der Waals surface area contributed by atoms with Crippen molar-refractivity contribution in [2.24, 2.45) is 5.92 Å². The van der Waals surface area contributed by atoms with Gasteiger partial charge >= 0.3 is 6.18 Å². The smallest absolute Gasteiger partial charge is 0.433 e. The molecule has 12 heteroatoms. The molecule has 0 saturated heterocycles. The van der Waals surface area contributed by atoms with Gasteiger partial charge in [-0.25, -0.2) is 17.8 Å². The third-order valence-corrected chi connectivity index (χ3v) is 6.64. The van der Waals surface area contributed by atoms with Crippen molar-refractivity contribution < 1.29 is 35.5 Å². The summed E-state index contributed by atoms with van der Waals surface area (Å²) in [4.78, 5) is 16.4. The summed E-state index contributed by atoms with van der Waals surface area (Å²) in [6.45, 7) is 1.64. The molecule has 0 aliphatic heterocycles. The Balaban J connectivity index is 1.70. The van der Waals surface area contributed by atoms with Gasteiger partial charge in [0.1, 0.15) is 11.5 Å². The van der Waals surface area contributed by atoms with Gasteiger partial charge in [-0.05, 0) is 55.5 Å². The van der Waals surface area contributed by atoms with Gasteiger partial charge in [0.15, 0.2) is 0 Å². The van der Waals surface area contributed by atoms with Crippen molar-refractivity contribution in [2.45, 2.75) is 57.7 Å². The summed E-state index contributed by atoms with van der Waals surface area (Å²) >= 11 is 0. The molecule has 2 aromatic rings. The maximum absolute atomic E-state index is 14.3. The van der Waals surface area contributed by atoms with Crippen LogP contribution in [0.3, 0.4) is 0 Å². The average Bonchev–Trinajstić information content (AvgIpc) is 2.81. The van der Waals surface area contributed by atoms with Crippen LogP contribution >= 0.6 is 0 Å². The topological polar surface area (TPSA) is 97.4 Å². The van der Waals surface area contributed by atoms with Gasteiger partial charge in [0, 0.05) is 12.1 Å². The molecule has 1 heterocycles. The molecule has 1 atom stereocenters. The number of amides is 1. The van der Waals surface area contributed by atoms with Crippen LogP contribution in [0.25, 0.3) is 0 Å². The molecule has 3 rings (SSSR count). The molecule has 1 saturated carbocycles. The lowest BCUT2D eigenvalue weighted by Crippen LogP contribution is -2.28. The summed E-state index contributed by atoms with van der Waals surface area (Å²) in [6, 6.07) is 5.74. The molecule has 1 amide bonds. The minimum Gasteiger partial charge on any atom is -0.477 e. The number of nitrogens with zero attached hydrogens (tertiary/aromatic N) is 1. The van der Waals surface area contributed by atoms with Gasteiger partial charge in [0.2, 0.25) is 21.8 Å². The largest absolute Gasteiger partial charge is 0.477 e. The van der Waals surface area contributed by atoms with Crippen LogP contribution in [0.1, 0.15) is 61.8 Å². The number of nitrogens with one attached hydrogen (secondary N) is 2. The van der Waals surface area contributed by atoms with Crippen LogP contribution in [0, 0.1) is 11.7 Å². The van der Waals surface area contributed by atoms with Crippen LogP contribution in [0.2, 0.25) is 0 Å². The molecular weight excluding hydrogens is 502 g/mol. The molecule has 7 nitrogen and oxygen atoms in total. The van der Waals surface area contributed by atoms with Crippen LogP contribution < -0.4 is 14.8 Å². The lowest BCUT2D eigenvalue weighted by atomic mass is 9.90. The fraction of sp³-hybridized carbons (Fsp3) is 0.500. The Morgan fingerprint density at radius 1 is 1.17 bits per heavy atom. The molecular formula is C24H29F4N3O4S. The van der Waals surface area contributed by atoms with Crippen molar-refractivity contribution in [1.29, 1.82) is 0 Å². The molecule has 0 bridgehead atoms. The Labute approximate surface area is 207 Å². The third-order valence-electron chi connectivity index (χ3n) is 6.04. The summed E-state index contributed by atoms with van der Waals surface area (Å²) in [7, 11) is -3.67. The highest BCUT2D eigenvalue weighted by molar-refractivity contribution is 7.92. The summed E-state index contributed by atoms with van der Waals surface area (Å²) in [5.41, 5.74) is -0.742. The number of rotatable bonds is 9.